The monoisotopic (exact) mass is 264 g/mol. The van der Waals surface area contributed by atoms with Gasteiger partial charge in [-0.25, -0.2) is 0 Å². The number of carbonyl (C=O) groups excluding carboxylic acids is 1. The molecule has 4 nitrogen and oxygen atoms in total. The Balaban J connectivity index is 2.63. The maximum atomic E-state index is 11.7. The van der Waals surface area contributed by atoms with E-state index in [0.717, 1.165) is 29.8 Å². The standard InChI is InChI=1S/C15H24N2O2/c1-9-6-10-11(7-14(2,3)8-12(10)18)17(9)15(4,5)13(16)19/h6,12,18H,7-8H2,1-5H3,(H2,16,19). The first-order valence-electron chi connectivity index (χ1n) is 6.76. The number of amides is 1. The lowest BCUT2D eigenvalue weighted by Gasteiger charge is -2.36. The van der Waals surface area contributed by atoms with Gasteiger partial charge in [0.1, 0.15) is 5.54 Å². The molecule has 106 valence electrons. The van der Waals surface area contributed by atoms with Crippen LogP contribution in [-0.2, 0) is 16.8 Å². The van der Waals surface area contributed by atoms with Crippen molar-refractivity contribution >= 4 is 5.91 Å². The molecule has 1 aromatic rings. The van der Waals surface area contributed by atoms with Gasteiger partial charge >= 0.3 is 0 Å². The molecular weight excluding hydrogens is 240 g/mol. The van der Waals surface area contributed by atoms with Gasteiger partial charge in [-0.15, -0.1) is 0 Å². The number of fused-ring (bicyclic) bond motifs is 1. The number of hydrogen-bond acceptors (Lipinski definition) is 2. The van der Waals surface area contributed by atoms with Crippen molar-refractivity contribution in [2.24, 2.45) is 11.1 Å². The zero-order valence-electron chi connectivity index (χ0n) is 12.4. The van der Waals surface area contributed by atoms with Crippen LogP contribution in [0.25, 0.3) is 0 Å². The third-order valence-electron chi connectivity index (χ3n) is 4.23. The second-order valence-corrected chi connectivity index (χ2v) is 7.01. The molecule has 1 atom stereocenters. The number of aliphatic hydroxyl groups is 1. The summed E-state index contributed by atoms with van der Waals surface area (Å²) in [4.78, 5) is 11.7. The maximum absolute atomic E-state index is 11.7. The van der Waals surface area contributed by atoms with E-state index < -0.39 is 11.6 Å². The SMILES string of the molecule is Cc1cc2c(n1C(C)(C)C(N)=O)CC(C)(C)CC2O. The minimum Gasteiger partial charge on any atom is -0.388 e. The first kappa shape index (κ1) is 14.1. The molecule has 1 aliphatic carbocycles. The van der Waals surface area contributed by atoms with E-state index >= 15 is 0 Å². The van der Waals surface area contributed by atoms with Gasteiger partial charge in [-0.3, -0.25) is 4.79 Å². The van der Waals surface area contributed by atoms with Gasteiger partial charge in [0.15, 0.2) is 0 Å². The normalized spacial score (nSPS) is 22.1. The van der Waals surface area contributed by atoms with Crippen molar-refractivity contribution in [1.82, 2.24) is 4.57 Å². The van der Waals surface area contributed by atoms with E-state index in [-0.39, 0.29) is 11.3 Å². The zero-order chi connectivity index (χ0) is 14.6. The van der Waals surface area contributed by atoms with Crippen LogP contribution in [0.2, 0.25) is 0 Å². The molecule has 4 heteroatoms. The third-order valence-corrected chi connectivity index (χ3v) is 4.23. The van der Waals surface area contributed by atoms with Gasteiger partial charge in [-0.1, -0.05) is 13.8 Å². The zero-order valence-corrected chi connectivity index (χ0v) is 12.4. The Labute approximate surface area is 114 Å². The van der Waals surface area contributed by atoms with Crippen molar-refractivity contribution in [3.8, 4) is 0 Å². The number of carbonyl (C=O) groups is 1. The van der Waals surface area contributed by atoms with E-state index in [0.29, 0.717) is 0 Å². The lowest BCUT2D eigenvalue weighted by Crippen LogP contribution is -2.43. The minimum absolute atomic E-state index is 0.0304. The van der Waals surface area contributed by atoms with E-state index in [1.54, 1.807) is 0 Å². The van der Waals surface area contributed by atoms with E-state index in [1.165, 1.54) is 0 Å². The van der Waals surface area contributed by atoms with Crippen molar-refractivity contribution in [2.75, 3.05) is 0 Å². The van der Waals surface area contributed by atoms with Crippen molar-refractivity contribution < 1.29 is 9.90 Å². The lowest BCUT2D eigenvalue weighted by molar-refractivity contribution is -0.125. The molecule has 0 saturated heterocycles. The fourth-order valence-corrected chi connectivity index (χ4v) is 3.23. The summed E-state index contributed by atoms with van der Waals surface area (Å²) in [6.45, 7) is 9.90. The number of nitrogens with zero attached hydrogens (tertiary/aromatic N) is 1. The van der Waals surface area contributed by atoms with Crippen molar-refractivity contribution in [3.05, 3.63) is 23.0 Å². The number of primary amides is 1. The molecule has 0 saturated carbocycles. The van der Waals surface area contributed by atoms with Gasteiger partial charge < -0.3 is 15.4 Å². The molecule has 0 spiro atoms. The van der Waals surface area contributed by atoms with Gasteiger partial charge in [0.25, 0.3) is 0 Å². The minimum atomic E-state index is -0.773. The Hall–Kier alpha value is -1.29. The highest BCUT2D eigenvalue weighted by Gasteiger charge is 2.38. The Morgan fingerprint density at radius 1 is 1.53 bits per heavy atom. The summed E-state index contributed by atoms with van der Waals surface area (Å²) >= 11 is 0. The summed E-state index contributed by atoms with van der Waals surface area (Å²) in [5.74, 6) is -0.355. The first-order valence-corrected chi connectivity index (χ1v) is 6.76. The maximum Gasteiger partial charge on any atom is 0.243 e. The second-order valence-electron chi connectivity index (χ2n) is 7.01. The summed E-state index contributed by atoms with van der Waals surface area (Å²) in [5, 5.41) is 10.3. The molecule has 0 radical (unpaired) electrons. The van der Waals surface area contributed by atoms with Crippen molar-refractivity contribution in [1.29, 1.82) is 0 Å². The molecule has 0 aliphatic heterocycles. The number of aryl methyl sites for hydroxylation is 1. The molecular formula is C15H24N2O2. The lowest BCUT2D eigenvalue weighted by atomic mass is 9.75. The quantitative estimate of drug-likeness (QED) is 0.858. The summed E-state index contributed by atoms with van der Waals surface area (Å²) in [6, 6.07) is 1.99. The largest absolute Gasteiger partial charge is 0.388 e. The van der Waals surface area contributed by atoms with Crippen LogP contribution >= 0.6 is 0 Å². The molecule has 1 unspecified atom stereocenters. The van der Waals surface area contributed by atoms with E-state index in [4.69, 9.17) is 5.73 Å². The molecule has 19 heavy (non-hydrogen) atoms. The number of nitrogens with two attached hydrogens (primary N) is 1. The smallest absolute Gasteiger partial charge is 0.243 e. The summed E-state index contributed by atoms with van der Waals surface area (Å²) in [6.07, 6.45) is 1.15. The second kappa shape index (κ2) is 4.10. The van der Waals surface area contributed by atoms with Crippen LogP contribution in [0, 0.1) is 12.3 Å². The predicted molar refractivity (Wildman–Crippen MR) is 74.7 cm³/mol. The topological polar surface area (TPSA) is 68.2 Å². The van der Waals surface area contributed by atoms with Crippen LogP contribution in [0.3, 0.4) is 0 Å². The predicted octanol–water partition coefficient (Wildman–Crippen LogP) is 2.02. The van der Waals surface area contributed by atoms with Crippen LogP contribution in [0.1, 0.15) is 57.2 Å². The molecule has 0 aromatic carbocycles. The number of aliphatic hydroxyl groups excluding tert-OH is 1. The highest BCUT2D eigenvalue weighted by atomic mass is 16.3. The molecule has 0 bridgehead atoms. The van der Waals surface area contributed by atoms with E-state index in [2.05, 4.69) is 13.8 Å². The fraction of sp³-hybridized carbons (Fsp3) is 0.667. The average molecular weight is 264 g/mol. The summed E-state index contributed by atoms with van der Waals surface area (Å²) in [7, 11) is 0. The molecule has 2 rings (SSSR count). The van der Waals surface area contributed by atoms with Gasteiger partial charge in [0, 0.05) is 17.0 Å². The Morgan fingerprint density at radius 3 is 2.63 bits per heavy atom. The van der Waals surface area contributed by atoms with Crippen LogP contribution < -0.4 is 5.73 Å². The van der Waals surface area contributed by atoms with Crippen LogP contribution in [0.4, 0.5) is 0 Å². The summed E-state index contributed by atoms with van der Waals surface area (Å²) in [5.41, 5.74) is 7.77. The third kappa shape index (κ3) is 2.18. The van der Waals surface area contributed by atoms with Crippen LogP contribution in [0.5, 0.6) is 0 Å². The first-order chi connectivity index (χ1) is 8.56. The highest BCUT2D eigenvalue weighted by Crippen LogP contribution is 2.43. The number of rotatable bonds is 2. The molecule has 1 amide bonds. The number of aromatic nitrogens is 1. The Bertz CT molecular complexity index is 526. The fourth-order valence-electron chi connectivity index (χ4n) is 3.23. The summed E-state index contributed by atoms with van der Waals surface area (Å²) < 4.78 is 1.99. The number of hydrogen-bond donors (Lipinski definition) is 2. The molecule has 0 fully saturated rings. The molecule has 1 aliphatic rings. The van der Waals surface area contributed by atoms with E-state index in [9.17, 15) is 9.90 Å². The van der Waals surface area contributed by atoms with Crippen molar-refractivity contribution in [2.45, 2.75) is 59.1 Å². The van der Waals surface area contributed by atoms with Crippen LogP contribution in [0.15, 0.2) is 6.07 Å². The highest BCUT2D eigenvalue weighted by molar-refractivity contribution is 5.82. The van der Waals surface area contributed by atoms with Gasteiger partial charge in [0.05, 0.1) is 6.10 Å². The van der Waals surface area contributed by atoms with Gasteiger partial charge in [-0.2, -0.15) is 0 Å². The Kier molecular flexibility index (Phi) is 3.05. The molecule has 3 N–H and O–H groups in total. The van der Waals surface area contributed by atoms with Crippen LogP contribution in [-0.4, -0.2) is 15.6 Å². The Morgan fingerprint density at radius 2 is 2.11 bits per heavy atom. The molecule has 1 aromatic heterocycles. The molecule has 1 heterocycles. The van der Waals surface area contributed by atoms with Gasteiger partial charge in [-0.05, 0) is 45.1 Å². The van der Waals surface area contributed by atoms with Gasteiger partial charge in [0.2, 0.25) is 5.91 Å². The van der Waals surface area contributed by atoms with Crippen molar-refractivity contribution in [3.63, 3.8) is 0 Å². The van der Waals surface area contributed by atoms with E-state index in [1.807, 2.05) is 31.4 Å². The average Bonchev–Trinajstić information content (AvgIpc) is 2.53.